The van der Waals surface area contributed by atoms with Crippen molar-refractivity contribution in [1.29, 1.82) is 0 Å². The Balaban J connectivity index is 2.00. The molecule has 0 fully saturated rings. The summed E-state index contributed by atoms with van der Waals surface area (Å²) in [6, 6.07) is 12.9. The molecule has 6 heteroatoms. The van der Waals surface area contributed by atoms with Gasteiger partial charge in [-0.15, -0.1) is 0 Å². The molecule has 0 aliphatic rings. The maximum Gasteiger partial charge on any atom is 0.336 e. The van der Waals surface area contributed by atoms with Gasteiger partial charge in [-0.2, -0.15) is 0 Å². The number of carboxylic acids is 1. The first kappa shape index (κ1) is 13.2. The average Bonchev–Trinajstić information content (AvgIpc) is 2.82. The van der Waals surface area contributed by atoms with Crippen molar-refractivity contribution >= 4 is 44.7 Å². The summed E-state index contributed by atoms with van der Waals surface area (Å²) in [7, 11) is 0. The van der Waals surface area contributed by atoms with Crippen LogP contribution in [0.5, 0.6) is 0 Å². The fourth-order valence-corrected chi connectivity index (χ4v) is 3.11. The Labute approximate surface area is 127 Å². The first-order valence-electron chi connectivity index (χ1n) is 5.79. The summed E-state index contributed by atoms with van der Waals surface area (Å²) in [5, 5.41) is 9.92. The van der Waals surface area contributed by atoms with Crippen molar-refractivity contribution in [2.75, 3.05) is 0 Å². The number of nitrogens with one attached hydrogen (secondary N) is 1. The number of para-hydroxylation sites is 2. The van der Waals surface area contributed by atoms with Crippen molar-refractivity contribution in [1.82, 2.24) is 9.97 Å². The number of hydrogen-bond donors (Lipinski definition) is 2. The highest BCUT2D eigenvalue weighted by molar-refractivity contribution is 9.10. The van der Waals surface area contributed by atoms with Gasteiger partial charge in [0.05, 0.1) is 16.6 Å². The second kappa shape index (κ2) is 5.30. The number of carboxylic acid groups (broad SMARTS) is 1. The SMILES string of the molecule is O=C(O)c1cc(Br)ccc1Sc1nc2ccccc2[nH]1. The van der Waals surface area contributed by atoms with Crippen LogP contribution in [0, 0.1) is 0 Å². The molecule has 0 spiro atoms. The molecule has 3 aromatic rings. The molecule has 2 N–H and O–H groups in total. The minimum Gasteiger partial charge on any atom is -0.478 e. The predicted molar refractivity (Wildman–Crippen MR) is 81.3 cm³/mol. The molecule has 2 aromatic carbocycles. The Kier molecular flexibility index (Phi) is 3.50. The number of hydrogen-bond acceptors (Lipinski definition) is 3. The third-order valence-corrected chi connectivity index (χ3v) is 4.20. The number of imidazole rings is 1. The number of aromatic amines is 1. The van der Waals surface area contributed by atoms with Gasteiger partial charge < -0.3 is 10.1 Å². The van der Waals surface area contributed by atoms with E-state index in [4.69, 9.17) is 0 Å². The molecule has 0 unspecified atom stereocenters. The molecule has 20 heavy (non-hydrogen) atoms. The molecule has 0 saturated heterocycles. The predicted octanol–water partition coefficient (Wildman–Crippen LogP) is 4.17. The molecule has 4 nitrogen and oxygen atoms in total. The number of halogens is 1. The molecule has 0 atom stereocenters. The molecule has 0 bridgehead atoms. The third-order valence-electron chi connectivity index (χ3n) is 2.75. The molecule has 0 aliphatic carbocycles. The minimum absolute atomic E-state index is 0.254. The summed E-state index contributed by atoms with van der Waals surface area (Å²) in [5.41, 5.74) is 2.05. The Morgan fingerprint density at radius 2 is 2.05 bits per heavy atom. The summed E-state index contributed by atoms with van der Waals surface area (Å²) >= 11 is 4.59. The van der Waals surface area contributed by atoms with Gasteiger partial charge in [-0.05, 0) is 30.3 Å². The normalized spacial score (nSPS) is 10.8. The lowest BCUT2D eigenvalue weighted by Crippen LogP contribution is -1.98. The molecular formula is C14H9BrN2O2S. The van der Waals surface area contributed by atoms with E-state index in [0.717, 1.165) is 15.5 Å². The minimum atomic E-state index is -0.954. The van der Waals surface area contributed by atoms with E-state index in [1.54, 1.807) is 12.1 Å². The smallest absolute Gasteiger partial charge is 0.336 e. The molecule has 3 rings (SSSR count). The van der Waals surface area contributed by atoms with Crippen molar-refractivity contribution in [3.8, 4) is 0 Å². The van der Waals surface area contributed by atoms with E-state index < -0.39 is 5.97 Å². The number of nitrogens with zero attached hydrogens (tertiary/aromatic N) is 1. The highest BCUT2D eigenvalue weighted by Crippen LogP contribution is 2.31. The number of benzene rings is 2. The van der Waals surface area contributed by atoms with E-state index in [9.17, 15) is 9.90 Å². The summed E-state index contributed by atoms with van der Waals surface area (Å²) in [4.78, 5) is 19.5. The van der Waals surface area contributed by atoms with Gasteiger partial charge in [-0.25, -0.2) is 9.78 Å². The van der Waals surface area contributed by atoms with E-state index in [1.807, 2.05) is 30.3 Å². The summed E-state index contributed by atoms with van der Waals surface area (Å²) < 4.78 is 0.740. The van der Waals surface area contributed by atoms with E-state index in [1.165, 1.54) is 11.8 Å². The zero-order chi connectivity index (χ0) is 14.1. The van der Waals surface area contributed by atoms with Crippen molar-refractivity contribution < 1.29 is 9.90 Å². The lowest BCUT2D eigenvalue weighted by Gasteiger charge is -2.04. The van der Waals surface area contributed by atoms with E-state index >= 15 is 0 Å². The van der Waals surface area contributed by atoms with Gasteiger partial charge in [0.1, 0.15) is 0 Å². The van der Waals surface area contributed by atoms with Gasteiger partial charge >= 0.3 is 5.97 Å². The number of rotatable bonds is 3. The fourth-order valence-electron chi connectivity index (χ4n) is 1.84. The van der Waals surface area contributed by atoms with E-state index in [2.05, 4.69) is 25.9 Å². The van der Waals surface area contributed by atoms with Crippen LogP contribution in [0.2, 0.25) is 0 Å². The highest BCUT2D eigenvalue weighted by atomic mass is 79.9. The number of carbonyl (C=O) groups is 1. The van der Waals surface area contributed by atoms with Crippen LogP contribution in [-0.2, 0) is 0 Å². The highest BCUT2D eigenvalue weighted by Gasteiger charge is 2.13. The van der Waals surface area contributed by atoms with Crippen molar-refractivity contribution in [3.05, 3.63) is 52.5 Å². The second-order valence-corrected chi connectivity index (χ2v) is 6.05. The number of aromatic carboxylic acids is 1. The lowest BCUT2D eigenvalue weighted by atomic mass is 10.2. The fraction of sp³-hybridized carbons (Fsp3) is 0. The first-order valence-corrected chi connectivity index (χ1v) is 7.40. The Hall–Kier alpha value is -1.79. The van der Waals surface area contributed by atoms with Gasteiger partial charge in [0.25, 0.3) is 0 Å². The van der Waals surface area contributed by atoms with Gasteiger partial charge in [0, 0.05) is 9.37 Å². The molecule has 0 amide bonds. The lowest BCUT2D eigenvalue weighted by molar-refractivity contribution is 0.0693. The molecule has 0 radical (unpaired) electrons. The summed E-state index contributed by atoms with van der Waals surface area (Å²) in [5.74, 6) is -0.954. The molecular weight excluding hydrogens is 340 g/mol. The van der Waals surface area contributed by atoms with Gasteiger partial charge in [0.2, 0.25) is 0 Å². The van der Waals surface area contributed by atoms with E-state index in [0.29, 0.717) is 10.1 Å². The topological polar surface area (TPSA) is 66.0 Å². The number of aromatic nitrogens is 2. The largest absolute Gasteiger partial charge is 0.478 e. The van der Waals surface area contributed by atoms with Gasteiger partial charge in [0.15, 0.2) is 5.16 Å². The van der Waals surface area contributed by atoms with Crippen LogP contribution in [0.15, 0.2) is 57.0 Å². The van der Waals surface area contributed by atoms with Crippen molar-refractivity contribution in [2.24, 2.45) is 0 Å². The van der Waals surface area contributed by atoms with Crippen molar-refractivity contribution in [2.45, 2.75) is 10.1 Å². The summed E-state index contributed by atoms with van der Waals surface area (Å²) in [6.45, 7) is 0. The maximum absolute atomic E-state index is 11.3. The van der Waals surface area contributed by atoms with Crippen LogP contribution in [0.1, 0.15) is 10.4 Å². The molecule has 1 aromatic heterocycles. The molecule has 0 saturated carbocycles. The van der Waals surface area contributed by atoms with E-state index in [-0.39, 0.29) is 5.56 Å². The number of H-pyrrole nitrogens is 1. The summed E-state index contributed by atoms with van der Waals surface area (Å²) in [6.07, 6.45) is 0. The average molecular weight is 349 g/mol. The van der Waals surface area contributed by atoms with Crippen LogP contribution < -0.4 is 0 Å². The Bertz CT molecular complexity index is 768. The zero-order valence-electron chi connectivity index (χ0n) is 10.1. The zero-order valence-corrected chi connectivity index (χ0v) is 12.5. The van der Waals surface area contributed by atoms with Gasteiger partial charge in [-0.3, -0.25) is 0 Å². The third kappa shape index (κ3) is 2.57. The maximum atomic E-state index is 11.3. The Morgan fingerprint density at radius 1 is 1.25 bits per heavy atom. The standard InChI is InChI=1S/C14H9BrN2O2S/c15-8-5-6-12(9(7-8)13(18)19)20-14-16-10-3-1-2-4-11(10)17-14/h1-7H,(H,16,17)(H,18,19). The molecule has 0 aliphatic heterocycles. The van der Waals surface area contributed by atoms with Crippen LogP contribution in [-0.4, -0.2) is 21.0 Å². The second-order valence-electron chi connectivity index (χ2n) is 4.11. The first-order chi connectivity index (χ1) is 9.63. The van der Waals surface area contributed by atoms with Crippen LogP contribution in [0.4, 0.5) is 0 Å². The quantitative estimate of drug-likeness (QED) is 0.745. The monoisotopic (exact) mass is 348 g/mol. The Morgan fingerprint density at radius 3 is 2.80 bits per heavy atom. The van der Waals surface area contributed by atoms with Crippen LogP contribution in [0.25, 0.3) is 11.0 Å². The number of fused-ring (bicyclic) bond motifs is 1. The molecule has 100 valence electrons. The van der Waals surface area contributed by atoms with Crippen LogP contribution in [0.3, 0.4) is 0 Å². The van der Waals surface area contributed by atoms with Crippen molar-refractivity contribution in [3.63, 3.8) is 0 Å². The molecule has 1 heterocycles. The van der Waals surface area contributed by atoms with Gasteiger partial charge in [-0.1, -0.05) is 39.8 Å². The van der Waals surface area contributed by atoms with Crippen LogP contribution >= 0.6 is 27.7 Å².